The van der Waals surface area contributed by atoms with Crippen molar-refractivity contribution in [3.05, 3.63) is 129 Å². The molecule has 5 rings (SSSR count). The molecule has 0 amide bonds. The van der Waals surface area contributed by atoms with Gasteiger partial charge in [0.1, 0.15) is 0 Å². The fourth-order valence-corrected chi connectivity index (χ4v) is 5.73. The Morgan fingerprint density at radius 1 is 0.574 bits per heavy atom. The van der Waals surface area contributed by atoms with Crippen LogP contribution in [-0.4, -0.2) is 33.2 Å². The van der Waals surface area contributed by atoms with Gasteiger partial charge in [-0.05, 0) is 96.9 Å². The summed E-state index contributed by atoms with van der Waals surface area (Å²) >= 11 is 0. The van der Waals surface area contributed by atoms with Gasteiger partial charge in [0.15, 0.2) is 11.6 Å². The van der Waals surface area contributed by atoms with Crippen molar-refractivity contribution in [2.75, 3.05) is 0 Å². The van der Waals surface area contributed by atoms with Crippen LogP contribution in [0.4, 0.5) is 11.4 Å². The van der Waals surface area contributed by atoms with Gasteiger partial charge in [-0.15, -0.1) is 0 Å². The summed E-state index contributed by atoms with van der Waals surface area (Å²) in [5.41, 5.74) is 13.7. The molecule has 0 saturated carbocycles. The zero-order valence-corrected chi connectivity index (χ0v) is 29.8. The summed E-state index contributed by atoms with van der Waals surface area (Å²) in [6, 6.07) is 21.8. The number of aryl methyl sites for hydroxylation is 6. The number of nitrogens with zero attached hydrogens (tertiary/aromatic N) is 2. The van der Waals surface area contributed by atoms with Crippen LogP contribution in [0.2, 0.25) is 0 Å². The van der Waals surface area contributed by atoms with E-state index in [9.17, 15) is 9.59 Å². The summed E-state index contributed by atoms with van der Waals surface area (Å²) in [7, 11) is 0. The van der Waals surface area contributed by atoms with Crippen molar-refractivity contribution >= 4 is 45.1 Å². The molecule has 0 bridgehead atoms. The molecule has 0 spiro atoms. The maximum absolute atomic E-state index is 10.0. The van der Waals surface area contributed by atoms with E-state index in [4.69, 9.17) is 20.2 Å². The molecule has 248 valence electrons. The number of hydrogen-bond acceptors (Lipinski definition) is 6. The Hall–Kier alpha value is -4.61. The van der Waals surface area contributed by atoms with Gasteiger partial charge in [0.2, 0.25) is 0 Å². The summed E-state index contributed by atoms with van der Waals surface area (Å²) in [6.45, 7) is 18.6. The van der Waals surface area contributed by atoms with E-state index in [0.717, 1.165) is 22.8 Å². The van der Waals surface area contributed by atoms with Crippen LogP contribution >= 0.6 is 0 Å². The molecule has 0 heterocycles. The quantitative estimate of drug-likeness (QED) is 0.128. The van der Waals surface area contributed by atoms with Crippen molar-refractivity contribution < 1.29 is 36.3 Å². The van der Waals surface area contributed by atoms with E-state index in [1.54, 1.807) is 0 Å². The Balaban J connectivity index is 0.000000432. The van der Waals surface area contributed by atoms with Gasteiger partial charge in [-0.1, -0.05) is 71.8 Å². The molecule has 0 atom stereocenters. The molecule has 0 aliphatic heterocycles. The molecule has 7 heteroatoms. The van der Waals surface area contributed by atoms with Crippen molar-refractivity contribution in [1.29, 1.82) is 0 Å². The molecule has 4 aromatic rings. The topological polar surface area (TPSA) is 99.3 Å². The second-order valence-corrected chi connectivity index (χ2v) is 11.9. The molecule has 47 heavy (non-hydrogen) atoms. The van der Waals surface area contributed by atoms with E-state index < -0.39 is 0 Å². The molecule has 0 unspecified atom stereocenters. The Morgan fingerprint density at radius 2 is 0.894 bits per heavy atom. The average molecular weight is 675 g/mol. The van der Waals surface area contributed by atoms with Crippen LogP contribution in [0.1, 0.15) is 72.2 Å². The minimum absolute atomic E-state index is 0. The molecule has 0 radical (unpaired) electrons. The van der Waals surface area contributed by atoms with Crippen LogP contribution in [0.25, 0.3) is 10.8 Å². The second-order valence-electron chi connectivity index (χ2n) is 11.9. The largest absolute Gasteiger partial charge is 0.512 e. The molecular weight excluding hydrogens is 631 g/mol. The minimum atomic E-state index is -0.125. The minimum Gasteiger partial charge on any atom is -0.512 e. The predicted molar refractivity (Wildman–Crippen MR) is 192 cm³/mol. The fraction of sp³-hybridized carbons (Fsp3) is 0.250. The third kappa shape index (κ3) is 10.2. The van der Waals surface area contributed by atoms with Crippen LogP contribution in [0, 0.1) is 41.5 Å². The number of hydrogen-bond donors (Lipinski definition) is 2. The number of allylic oxidation sites excluding steroid dienone is 4. The molecule has 6 nitrogen and oxygen atoms in total. The zero-order valence-electron chi connectivity index (χ0n) is 28.8. The maximum atomic E-state index is 10.0. The molecule has 4 aromatic carbocycles. The van der Waals surface area contributed by atoms with Crippen LogP contribution in [0.5, 0.6) is 0 Å². The van der Waals surface area contributed by atoms with E-state index in [-0.39, 0.29) is 39.6 Å². The van der Waals surface area contributed by atoms with Crippen LogP contribution in [0.15, 0.2) is 94.3 Å². The van der Waals surface area contributed by atoms with Gasteiger partial charge in [-0.3, -0.25) is 9.59 Å². The molecule has 2 N–H and O–H groups in total. The van der Waals surface area contributed by atoms with E-state index in [1.807, 2.05) is 0 Å². The van der Waals surface area contributed by atoms with E-state index in [0.29, 0.717) is 0 Å². The van der Waals surface area contributed by atoms with E-state index in [2.05, 4.69) is 102 Å². The summed E-state index contributed by atoms with van der Waals surface area (Å²) in [5.74, 6) is -0.125. The van der Waals surface area contributed by atoms with Crippen molar-refractivity contribution in [1.82, 2.24) is 0 Å². The van der Waals surface area contributed by atoms with E-state index in [1.165, 1.54) is 95.1 Å². The first-order valence-electron chi connectivity index (χ1n) is 15.2. The Bertz CT molecular complexity index is 1760. The standard InChI is InChI=1S/C30H28N2.2C5H8O2.Ni/c1-17-13-19(3)27(20(4)14-17)31-29-24-11-7-9-23-10-8-12-25(26(23)24)30(29)32-28-21(5)15-18(2)16-22(28)6;2*1-4(6)3-5(2)7;/h7-16H,1-6H3;2*3,6H,1-2H3;. The van der Waals surface area contributed by atoms with Crippen LogP contribution in [-0.2, 0) is 26.1 Å². The second kappa shape index (κ2) is 16.8. The number of carbonyl (C=O) groups excluding carboxylic acids is 2. The van der Waals surface area contributed by atoms with Crippen molar-refractivity contribution in [3.8, 4) is 0 Å². The number of ketones is 2. The molecule has 1 aliphatic carbocycles. The number of carbonyl (C=O) groups is 2. The smallest absolute Gasteiger partial charge is 0.155 e. The summed E-state index contributed by atoms with van der Waals surface area (Å²) in [4.78, 5) is 30.6. The third-order valence-corrected chi connectivity index (χ3v) is 7.18. The first kappa shape index (κ1) is 38.6. The molecule has 0 aromatic heterocycles. The van der Waals surface area contributed by atoms with Gasteiger partial charge in [0.25, 0.3) is 0 Å². The van der Waals surface area contributed by atoms with Gasteiger partial charge in [0, 0.05) is 45.2 Å². The van der Waals surface area contributed by atoms with Gasteiger partial charge in [-0.2, -0.15) is 0 Å². The fourth-order valence-electron chi connectivity index (χ4n) is 5.73. The summed E-state index contributed by atoms with van der Waals surface area (Å²) < 4.78 is 0. The van der Waals surface area contributed by atoms with Crippen LogP contribution in [0.3, 0.4) is 0 Å². The van der Waals surface area contributed by atoms with E-state index >= 15 is 0 Å². The molecule has 0 fully saturated rings. The molecule has 0 saturated heterocycles. The number of aliphatic hydroxyl groups is 2. The predicted octanol–water partition coefficient (Wildman–Crippen LogP) is 10.0. The Kier molecular flexibility index (Phi) is 13.8. The van der Waals surface area contributed by atoms with Gasteiger partial charge in [0.05, 0.1) is 34.3 Å². The normalized spacial score (nSPS) is 13.8. The van der Waals surface area contributed by atoms with Gasteiger partial charge < -0.3 is 10.2 Å². The van der Waals surface area contributed by atoms with Crippen LogP contribution < -0.4 is 0 Å². The average Bonchev–Trinajstić information content (AvgIpc) is 3.21. The first-order valence-corrected chi connectivity index (χ1v) is 15.2. The first-order chi connectivity index (χ1) is 21.6. The maximum Gasteiger partial charge on any atom is 0.155 e. The van der Waals surface area contributed by atoms with Crippen molar-refractivity contribution in [2.45, 2.75) is 69.2 Å². The van der Waals surface area contributed by atoms with Crippen molar-refractivity contribution in [3.63, 3.8) is 0 Å². The SMILES string of the molecule is CC(=O)C=C(C)O.CC(=O)C=C(C)O.Cc1cc(C)c(N=C2C(=Nc3c(C)cc(C)cc3C)c3cccc4cccc2c34)c(C)c1.[Ni]. The number of aliphatic imine (C=N–C) groups is 2. The monoisotopic (exact) mass is 674 g/mol. The summed E-state index contributed by atoms with van der Waals surface area (Å²) in [6.07, 6.45) is 2.33. The third-order valence-electron chi connectivity index (χ3n) is 7.18. The number of aliphatic hydroxyl groups excluding tert-OH is 2. The number of benzene rings is 4. The van der Waals surface area contributed by atoms with Crippen molar-refractivity contribution in [2.24, 2.45) is 9.98 Å². The Labute approximate surface area is 288 Å². The zero-order chi connectivity index (χ0) is 34.3. The Morgan fingerprint density at radius 3 is 1.15 bits per heavy atom. The molecule has 1 aliphatic rings. The van der Waals surface area contributed by atoms with Gasteiger partial charge in [-0.25, -0.2) is 9.98 Å². The van der Waals surface area contributed by atoms with Gasteiger partial charge >= 0.3 is 0 Å². The molecular formula is C40H44N2NiO4. The summed E-state index contributed by atoms with van der Waals surface area (Å²) in [5, 5.41) is 19.2. The number of rotatable bonds is 4.